The average molecular weight is 584 g/mol. The third-order valence-electron chi connectivity index (χ3n) is 7.54. The van der Waals surface area contributed by atoms with Crippen LogP contribution in [0.4, 0.5) is 19.0 Å². The van der Waals surface area contributed by atoms with Gasteiger partial charge in [-0.1, -0.05) is 12.1 Å². The third-order valence-corrected chi connectivity index (χ3v) is 10.5. The monoisotopic (exact) mass is 583 g/mol. The Morgan fingerprint density at radius 1 is 1.18 bits per heavy atom. The summed E-state index contributed by atoms with van der Waals surface area (Å²) in [4.78, 5) is 11.6. The van der Waals surface area contributed by atoms with Gasteiger partial charge in [0.25, 0.3) is 0 Å². The summed E-state index contributed by atoms with van der Waals surface area (Å²) in [5.74, 6) is 0.647. The Balaban J connectivity index is 1.18. The highest BCUT2D eigenvalue weighted by molar-refractivity contribution is 7.89. The summed E-state index contributed by atoms with van der Waals surface area (Å²) in [5.41, 5.74) is 0.970. The van der Waals surface area contributed by atoms with Crippen LogP contribution in [-0.4, -0.2) is 72.3 Å². The number of piperidine rings is 1. The summed E-state index contributed by atoms with van der Waals surface area (Å²) in [6, 6.07) is 8.84. The first-order chi connectivity index (χ1) is 18.5. The van der Waals surface area contributed by atoms with E-state index >= 15 is 0 Å². The predicted molar refractivity (Wildman–Crippen MR) is 144 cm³/mol. The summed E-state index contributed by atoms with van der Waals surface area (Å²) < 4.78 is 65.8. The summed E-state index contributed by atoms with van der Waals surface area (Å²) in [5, 5.41) is 14.1. The normalized spacial score (nSPS) is 22.9. The number of β-amino-alcohol motifs (C(OH)–C–C–N with tert-alkyl or cyclic N) is 1. The van der Waals surface area contributed by atoms with Crippen molar-refractivity contribution in [2.75, 3.05) is 25.0 Å². The molecule has 0 radical (unpaired) electrons. The molecule has 0 bridgehead atoms. The van der Waals surface area contributed by atoms with Gasteiger partial charge < -0.3 is 15.3 Å². The molecule has 0 spiro atoms. The molecule has 0 amide bonds. The number of alkyl halides is 3. The maximum Gasteiger partial charge on any atom is 0.393 e. The molecular weight excluding hydrogens is 551 g/mol. The van der Waals surface area contributed by atoms with Crippen molar-refractivity contribution in [3.05, 3.63) is 47.1 Å². The van der Waals surface area contributed by atoms with Crippen LogP contribution in [0.2, 0.25) is 0 Å². The van der Waals surface area contributed by atoms with Crippen molar-refractivity contribution < 1.29 is 26.7 Å². The highest BCUT2D eigenvalue weighted by Crippen LogP contribution is 2.36. The first-order valence-corrected chi connectivity index (χ1v) is 15.3. The lowest BCUT2D eigenvalue weighted by molar-refractivity contribution is -0.126. The maximum absolute atomic E-state index is 12.9. The highest BCUT2D eigenvalue weighted by Gasteiger charge is 2.32. The molecule has 212 valence electrons. The second-order valence-electron chi connectivity index (χ2n) is 10.4. The van der Waals surface area contributed by atoms with E-state index in [1.807, 2.05) is 24.1 Å². The summed E-state index contributed by atoms with van der Waals surface area (Å²) in [6.45, 7) is 1.14. The number of nitrogens with zero attached hydrogens (tertiary/aromatic N) is 4. The van der Waals surface area contributed by atoms with E-state index in [2.05, 4.69) is 15.3 Å². The first kappa shape index (κ1) is 28.2. The minimum atomic E-state index is -4.27. The number of nitrogens with one attached hydrogen (secondary N) is 1. The lowest BCUT2D eigenvalue weighted by atomic mass is 10.1. The number of fused-ring (bicyclic) bond motifs is 1. The quantitative estimate of drug-likeness (QED) is 0.412. The number of hydrogen-bond acceptors (Lipinski definition) is 8. The molecule has 2 fully saturated rings. The number of aliphatic hydroxyl groups excluding tert-OH is 1. The molecule has 1 aromatic carbocycles. The molecular formula is C26H32F3N5O3S2. The molecule has 5 rings (SSSR count). The summed E-state index contributed by atoms with van der Waals surface area (Å²) >= 11 is 1.05. The van der Waals surface area contributed by atoms with Gasteiger partial charge in [0.05, 0.1) is 22.8 Å². The zero-order chi connectivity index (χ0) is 27.8. The van der Waals surface area contributed by atoms with E-state index in [-0.39, 0.29) is 28.4 Å². The number of rotatable bonds is 8. The first-order valence-electron chi connectivity index (χ1n) is 13.0. The second kappa shape index (κ2) is 11.3. The number of hydrogen-bond donors (Lipinski definition) is 2. The molecule has 13 heteroatoms. The molecule has 2 aliphatic rings. The molecule has 2 aromatic heterocycles. The molecule has 3 atom stereocenters. The average Bonchev–Trinajstić information content (AvgIpc) is 3.53. The summed E-state index contributed by atoms with van der Waals surface area (Å²) in [6.07, 6.45) is -0.479. The maximum atomic E-state index is 12.9. The van der Waals surface area contributed by atoms with Crippen molar-refractivity contribution >= 4 is 37.4 Å². The van der Waals surface area contributed by atoms with Gasteiger partial charge in [-0.2, -0.15) is 17.5 Å². The number of aromatic nitrogens is 2. The van der Waals surface area contributed by atoms with Crippen LogP contribution in [0.15, 0.2) is 41.6 Å². The van der Waals surface area contributed by atoms with Gasteiger partial charge in [0.1, 0.15) is 17.0 Å². The number of halogens is 3. The zero-order valence-corrected chi connectivity index (χ0v) is 23.2. The number of aliphatic hydroxyl groups is 1. The van der Waals surface area contributed by atoms with Gasteiger partial charge in [-0.3, -0.25) is 0 Å². The molecule has 3 heterocycles. The Kier molecular flexibility index (Phi) is 8.16. The van der Waals surface area contributed by atoms with Gasteiger partial charge in [-0.15, -0.1) is 11.3 Å². The van der Waals surface area contributed by atoms with Crippen LogP contribution in [0.5, 0.6) is 0 Å². The van der Waals surface area contributed by atoms with Crippen molar-refractivity contribution in [3.63, 3.8) is 0 Å². The molecule has 1 saturated heterocycles. The predicted octanol–water partition coefficient (Wildman–Crippen LogP) is 4.09. The van der Waals surface area contributed by atoms with Gasteiger partial charge in [0.15, 0.2) is 0 Å². The van der Waals surface area contributed by atoms with Gasteiger partial charge >= 0.3 is 6.18 Å². The Bertz CT molecular complexity index is 1400. The lowest BCUT2D eigenvalue weighted by Crippen LogP contribution is -2.42. The lowest BCUT2D eigenvalue weighted by Gasteiger charge is -2.29. The van der Waals surface area contributed by atoms with Crippen LogP contribution in [-0.2, 0) is 23.0 Å². The Morgan fingerprint density at radius 3 is 2.67 bits per heavy atom. The number of thiophene rings is 1. The fraction of sp³-hybridized carbons (Fsp3) is 0.538. The van der Waals surface area contributed by atoms with Gasteiger partial charge in [-0.25, -0.2) is 18.4 Å². The minimum Gasteiger partial charge on any atom is -0.392 e. The number of anilines is 1. The van der Waals surface area contributed by atoms with Crippen LogP contribution in [0.3, 0.4) is 0 Å². The van der Waals surface area contributed by atoms with E-state index in [4.69, 9.17) is 0 Å². The molecule has 2 N–H and O–H groups in total. The summed E-state index contributed by atoms with van der Waals surface area (Å²) in [7, 11) is -1.70. The van der Waals surface area contributed by atoms with E-state index in [1.54, 1.807) is 18.2 Å². The van der Waals surface area contributed by atoms with Crippen LogP contribution >= 0.6 is 11.3 Å². The largest absolute Gasteiger partial charge is 0.393 e. The van der Waals surface area contributed by atoms with Crippen LogP contribution in [0.25, 0.3) is 10.2 Å². The number of sulfonamides is 1. The van der Waals surface area contributed by atoms with E-state index in [0.717, 1.165) is 36.2 Å². The minimum absolute atomic E-state index is 0.130. The molecule has 1 aliphatic carbocycles. The molecule has 1 saturated carbocycles. The number of benzene rings is 1. The zero-order valence-electron chi connectivity index (χ0n) is 21.6. The van der Waals surface area contributed by atoms with E-state index < -0.39 is 28.7 Å². The van der Waals surface area contributed by atoms with Crippen LogP contribution in [0.1, 0.15) is 42.5 Å². The van der Waals surface area contributed by atoms with Crippen molar-refractivity contribution in [2.45, 2.75) is 74.3 Å². The van der Waals surface area contributed by atoms with Gasteiger partial charge in [0.2, 0.25) is 10.0 Å². The van der Waals surface area contributed by atoms with Crippen molar-refractivity contribution in [1.82, 2.24) is 19.6 Å². The molecule has 8 nitrogen and oxygen atoms in total. The van der Waals surface area contributed by atoms with Crippen molar-refractivity contribution in [2.24, 2.45) is 0 Å². The molecule has 3 aromatic rings. The van der Waals surface area contributed by atoms with Crippen LogP contribution < -0.4 is 10.2 Å². The van der Waals surface area contributed by atoms with E-state index in [1.165, 1.54) is 10.6 Å². The Labute approximate surface area is 229 Å². The topological polar surface area (TPSA) is 98.7 Å². The SMILES string of the molecule is CN(c1ncnc2sc(CC(F)(F)F)cc12)[C@@H]1CC[C@H](NCc2ccc(S(=O)(=O)N3CCCC(O)C3)cc2)C1. The van der Waals surface area contributed by atoms with Crippen LogP contribution in [0, 0.1) is 0 Å². The third kappa shape index (κ3) is 6.54. The molecule has 1 aliphatic heterocycles. The Morgan fingerprint density at radius 2 is 1.95 bits per heavy atom. The smallest absolute Gasteiger partial charge is 0.392 e. The van der Waals surface area contributed by atoms with E-state index in [0.29, 0.717) is 42.0 Å². The van der Waals surface area contributed by atoms with E-state index in [9.17, 15) is 26.7 Å². The van der Waals surface area contributed by atoms with Crippen molar-refractivity contribution in [3.8, 4) is 0 Å². The molecule has 1 unspecified atom stereocenters. The van der Waals surface area contributed by atoms with Gasteiger partial charge in [-0.05, 0) is 55.9 Å². The van der Waals surface area contributed by atoms with Gasteiger partial charge in [0, 0.05) is 43.6 Å². The fourth-order valence-corrected chi connectivity index (χ4v) is 7.99. The second-order valence-corrected chi connectivity index (χ2v) is 13.4. The molecule has 39 heavy (non-hydrogen) atoms. The highest BCUT2D eigenvalue weighted by atomic mass is 32.2. The van der Waals surface area contributed by atoms with Crippen molar-refractivity contribution in [1.29, 1.82) is 0 Å². The Hall–Kier alpha value is -2.32. The fourth-order valence-electron chi connectivity index (χ4n) is 5.46. The standard InChI is InChI=1S/C26H32F3N5O3S2/c1-33(24-23-12-21(13-26(27,28)29)38-25(23)32-16-31-24)19-7-6-18(11-19)30-14-17-4-8-22(9-5-17)39(36,37)34-10-2-3-20(35)15-34/h4-5,8-9,12,16,18-20,30,35H,2-3,6-7,10-11,13-15H2,1H3/t18-,19+,20?/m0/s1.